The molecule has 13 heavy (non-hydrogen) atoms. The highest BCUT2D eigenvalue weighted by atomic mass is 16.4. The lowest BCUT2D eigenvalue weighted by Gasteiger charge is -2.02. The van der Waals surface area contributed by atoms with Gasteiger partial charge in [-0.3, -0.25) is 0 Å². The smallest absolute Gasteiger partial charge is 0.335 e. The Morgan fingerprint density at radius 2 is 2.08 bits per heavy atom. The number of aryl methyl sites for hydroxylation is 1. The highest BCUT2D eigenvalue weighted by molar-refractivity contribution is 5.88. The minimum absolute atomic E-state index is 0.418. The summed E-state index contributed by atoms with van der Waals surface area (Å²) < 4.78 is 0. The second kappa shape index (κ2) is 2.87. The molecule has 2 nitrogen and oxygen atoms in total. The molecule has 1 N–H and O–H groups in total. The largest absolute Gasteiger partial charge is 0.478 e. The van der Waals surface area contributed by atoms with Gasteiger partial charge in [-0.25, -0.2) is 4.79 Å². The Hall–Kier alpha value is -1.31. The predicted molar refractivity (Wildman–Crippen MR) is 50.1 cm³/mol. The molecule has 1 saturated carbocycles. The summed E-state index contributed by atoms with van der Waals surface area (Å²) in [5, 5.41) is 8.84. The maximum absolute atomic E-state index is 10.7. The van der Waals surface area contributed by atoms with E-state index in [-0.39, 0.29) is 0 Å². The molecule has 0 unspecified atom stereocenters. The molecule has 0 aliphatic heterocycles. The Morgan fingerprint density at radius 3 is 2.62 bits per heavy atom. The van der Waals surface area contributed by atoms with E-state index in [4.69, 9.17) is 5.11 Å². The fourth-order valence-corrected chi connectivity index (χ4v) is 1.59. The van der Waals surface area contributed by atoms with Crippen LogP contribution >= 0.6 is 0 Å². The summed E-state index contributed by atoms with van der Waals surface area (Å²) >= 11 is 0. The Labute approximate surface area is 77.2 Å². The van der Waals surface area contributed by atoms with Crippen LogP contribution in [0, 0.1) is 6.92 Å². The number of carboxylic acid groups (broad SMARTS) is 1. The fraction of sp³-hybridized carbons (Fsp3) is 0.364. The van der Waals surface area contributed by atoms with Gasteiger partial charge in [-0.2, -0.15) is 0 Å². The van der Waals surface area contributed by atoms with Gasteiger partial charge in [0.15, 0.2) is 0 Å². The lowest BCUT2D eigenvalue weighted by atomic mass is 10.0. The van der Waals surface area contributed by atoms with Gasteiger partial charge in [0.25, 0.3) is 0 Å². The van der Waals surface area contributed by atoms with E-state index in [0.717, 1.165) is 5.56 Å². The zero-order chi connectivity index (χ0) is 9.42. The lowest BCUT2D eigenvalue weighted by Crippen LogP contribution is -1.98. The van der Waals surface area contributed by atoms with Crippen molar-refractivity contribution in [1.29, 1.82) is 0 Å². The van der Waals surface area contributed by atoms with Crippen LogP contribution in [0.25, 0.3) is 0 Å². The molecule has 1 aliphatic carbocycles. The molecule has 2 rings (SSSR count). The first-order valence-electron chi connectivity index (χ1n) is 4.51. The summed E-state index contributed by atoms with van der Waals surface area (Å²) in [6.45, 7) is 1.94. The molecule has 0 bridgehead atoms. The molecule has 0 aromatic heterocycles. The number of benzene rings is 1. The summed E-state index contributed by atoms with van der Waals surface area (Å²) in [7, 11) is 0. The first-order chi connectivity index (χ1) is 6.16. The average molecular weight is 176 g/mol. The van der Waals surface area contributed by atoms with Crippen LogP contribution in [0.5, 0.6) is 0 Å². The van der Waals surface area contributed by atoms with Crippen molar-refractivity contribution in [1.82, 2.24) is 0 Å². The number of rotatable bonds is 2. The highest BCUT2D eigenvalue weighted by Gasteiger charge is 2.24. The maximum atomic E-state index is 10.7. The zero-order valence-corrected chi connectivity index (χ0v) is 7.58. The predicted octanol–water partition coefficient (Wildman–Crippen LogP) is 2.57. The van der Waals surface area contributed by atoms with Crippen molar-refractivity contribution < 1.29 is 9.90 Å². The van der Waals surface area contributed by atoms with Gasteiger partial charge in [0, 0.05) is 0 Å². The third-order valence-corrected chi connectivity index (χ3v) is 2.40. The van der Waals surface area contributed by atoms with Crippen LogP contribution in [0.4, 0.5) is 0 Å². The molecule has 0 amide bonds. The topological polar surface area (TPSA) is 37.3 Å². The van der Waals surface area contributed by atoms with Crippen LogP contribution in [0.2, 0.25) is 0 Å². The molecule has 2 heteroatoms. The molecule has 0 saturated heterocycles. The van der Waals surface area contributed by atoms with Gasteiger partial charge in [0.1, 0.15) is 0 Å². The van der Waals surface area contributed by atoms with E-state index in [2.05, 4.69) is 6.07 Å². The maximum Gasteiger partial charge on any atom is 0.335 e. The summed E-state index contributed by atoms with van der Waals surface area (Å²) in [4.78, 5) is 10.7. The van der Waals surface area contributed by atoms with Crippen molar-refractivity contribution >= 4 is 5.97 Å². The molecule has 0 heterocycles. The van der Waals surface area contributed by atoms with Crippen LogP contribution in [0.15, 0.2) is 18.2 Å². The van der Waals surface area contributed by atoms with Crippen molar-refractivity contribution in [2.24, 2.45) is 0 Å². The number of hydrogen-bond acceptors (Lipinski definition) is 1. The van der Waals surface area contributed by atoms with Crippen molar-refractivity contribution in [3.8, 4) is 0 Å². The van der Waals surface area contributed by atoms with E-state index in [1.54, 1.807) is 12.1 Å². The van der Waals surface area contributed by atoms with Gasteiger partial charge < -0.3 is 5.11 Å². The van der Waals surface area contributed by atoms with Gasteiger partial charge in [-0.05, 0) is 48.9 Å². The third kappa shape index (κ3) is 1.72. The molecule has 0 radical (unpaired) electrons. The van der Waals surface area contributed by atoms with E-state index in [9.17, 15) is 4.79 Å². The van der Waals surface area contributed by atoms with Gasteiger partial charge in [0.2, 0.25) is 0 Å². The van der Waals surface area contributed by atoms with Crippen molar-refractivity contribution in [3.05, 3.63) is 34.9 Å². The van der Waals surface area contributed by atoms with E-state index in [1.165, 1.54) is 18.4 Å². The number of carboxylic acids is 1. The van der Waals surface area contributed by atoms with Gasteiger partial charge in [0.05, 0.1) is 5.56 Å². The fourth-order valence-electron chi connectivity index (χ4n) is 1.59. The number of carbonyl (C=O) groups is 1. The summed E-state index contributed by atoms with van der Waals surface area (Å²) in [6, 6.07) is 5.60. The minimum atomic E-state index is -0.828. The third-order valence-electron chi connectivity index (χ3n) is 2.40. The quantitative estimate of drug-likeness (QED) is 0.751. The molecular weight excluding hydrogens is 164 g/mol. The SMILES string of the molecule is Cc1cc(C(=O)O)cc(C2CC2)c1. The van der Waals surface area contributed by atoms with Crippen LogP contribution in [-0.2, 0) is 0 Å². The minimum Gasteiger partial charge on any atom is -0.478 e. The number of hydrogen-bond donors (Lipinski definition) is 1. The van der Waals surface area contributed by atoms with Gasteiger partial charge >= 0.3 is 5.97 Å². The Kier molecular flexibility index (Phi) is 1.83. The lowest BCUT2D eigenvalue weighted by molar-refractivity contribution is 0.0696. The zero-order valence-electron chi connectivity index (χ0n) is 7.58. The van der Waals surface area contributed by atoms with Gasteiger partial charge in [-0.1, -0.05) is 6.07 Å². The Bertz CT molecular complexity index is 351. The van der Waals surface area contributed by atoms with Gasteiger partial charge in [-0.15, -0.1) is 0 Å². The van der Waals surface area contributed by atoms with Crippen LogP contribution in [0.1, 0.15) is 40.2 Å². The van der Waals surface area contributed by atoms with Crippen molar-refractivity contribution in [3.63, 3.8) is 0 Å². The number of aromatic carboxylic acids is 1. The summed E-state index contributed by atoms with van der Waals surface area (Å²) in [5.41, 5.74) is 2.65. The first kappa shape index (κ1) is 8.30. The molecule has 0 spiro atoms. The van der Waals surface area contributed by atoms with Crippen molar-refractivity contribution in [2.75, 3.05) is 0 Å². The van der Waals surface area contributed by atoms with E-state index >= 15 is 0 Å². The Morgan fingerprint density at radius 1 is 1.38 bits per heavy atom. The van der Waals surface area contributed by atoms with Crippen molar-refractivity contribution in [2.45, 2.75) is 25.7 Å². The van der Waals surface area contributed by atoms with Crippen LogP contribution in [-0.4, -0.2) is 11.1 Å². The molecular formula is C11H12O2. The van der Waals surface area contributed by atoms with E-state index < -0.39 is 5.97 Å². The Balaban J connectivity index is 2.41. The molecule has 1 aromatic rings. The van der Waals surface area contributed by atoms with Crippen LogP contribution < -0.4 is 0 Å². The first-order valence-corrected chi connectivity index (χ1v) is 4.51. The molecule has 1 aromatic carbocycles. The summed E-state index contributed by atoms with van der Waals surface area (Å²) in [5.74, 6) is -0.205. The average Bonchev–Trinajstić information content (AvgIpc) is 2.85. The molecule has 1 fully saturated rings. The molecule has 0 atom stereocenters. The molecule has 1 aliphatic rings. The monoisotopic (exact) mass is 176 g/mol. The van der Waals surface area contributed by atoms with Crippen LogP contribution in [0.3, 0.4) is 0 Å². The highest BCUT2D eigenvalue weighted by Crippen LogP contribution is 2.40. The standard InChI is InChI=1S/C11H12O2/c1-7-4-9(8-2-3-8)6-10(5-7)11(12)13/h4-6,8H,2-3H2,1H3,(H,12,13). The van der Waals surface area contributed by atoms with E-state index in [1.807, 2.05) is 6.92 Å². The second-order valence-corrected chi connectivity index (χ2v) is 3.71. The molecule has 68 valence electrons. The summed E-state index contributed by atoms with van der Waals surface area (Å²) in [6.07, 6.45) is 2.42. The second-order valence-electron chi connectivity index (χ2n) is 3.71. The van der Waals surface area contributed by atoms with E-state index in [0.29, 0.717) is 11.5 Å². The normalized spacial score (nSPS) is 15.8.